The van der Waals surface area contributed by atoms with E-state index in [1.54, 1.807) is 42.5 Å². The zero-order valence-electron chi connectivity index (χ0n) is 17.1. The van der Waals surface area contributed by atoms with E-state index < -0.39 is 24.0 Å². The molecule has 2 rings (SSSR count). The molecule has 2 aromatic carbocycles. The summed E-state index contributed by atoms with van der Waals surface area (Å²) in [6.07, 6.45) is 0.384. The van der Waals surface area contributed by atoms with Crippen molar-refractivity contribution in [3.63, 3.8) is 0 Å². The highest BCUT2D eigenvalue weighted by atomic mass is 35.5. The van der Waals surface area contributed by atoms with Gasteiger partial charge in [0.1, 0.15) is 12.1 Å². The number of carbonyl (C=O) groups is 3. The van der Waals surface area contributed by atoms with Crippen LogP contribution in [-0.2, 0) is 16.0 Å². The quantitative estimate of drug-likeness (QED) is 0.414. The molecule has 0 aliphatic rings. The second-order valence-electron chi connectivity index (χ2n) is 7.59. The van der Waals surface area contributed by atoms with E-state index in [9.17, 15) is 24.6 Å². The van der Waals surface area contributed by atoms with Crippen LogP contribution in [0.15, 0.2) is 42.5 Å². The first-order valence-electron chi connectivity index (χ1n) is 9.63. The van der Waals surface area contributed by atoms with E-state index in [2.05, 4.69) is 10.6 Å². The Kier molecular flexibility index (Phi) is 8.86. The summed E-state index contributed by atoms with van der Waals surface area (Å²) in [6, 6.07) is 9.06. The van der Waals surface area contributed by atoms with Crippen LogP contribution in [0.5, 0.6) is 0 Å². The summed E-state index contributed by atoms with van der Waals surface area (Å²) in [5.41, 5.74) is 1.46. The van der Waals surface area contributed by atoms with Gasteiger partial charge in [-0.1, -0.05) is 49.2 Å². The van der Waals surface area contributed by atoms with Gasteiger partial charge in [0, 0.05) is 21.3 Å². The fraction of sp³-hybridized carbons (Fsp3) is 0.318. The lowest BCUT2D eigenvalue weighted by Crippen LogP contribution is -2.48. The Bertz CT molecular complexity index is 927. The van der Waals surface area contributed by atoms with Crippen LogP contribution in [-0.4, -0.2) is 40.1 Å². The van der Waals surface area contributed by atoms with E-state index in [0.717, 1.165) is 0 Å². The number of carbonyl (C=O) groups excluding carboxylic acids is 1. The number of nitrogens with one attached hydrogen (secondary N) is 2. The molecular formula is C22H24Cl2N2O5. The van der Waals surface area contributed by atoms with Crippen molar-refractivity contribution >= 4 is 46.7 Å². The maximum Gasteiger partial charge on any atom is 0.321 e. The van der Waals surface area contributed by atoms with Crippen LogP contribution >= 0.6 is 23.2 Å². The van der Waals surface area contributed by atoms with E-state index in [0.29, 0.717) is 33.3 Å². The number of halogens is 2. The first kappa shape index (κ1) is 24.7. The second kappa shape index (κ2) is 11.1. The molecule has 1 amide bonds. The Morgan fingerprint density at radius 2 is 1.45 bits per heavy atom. The molecule has 0 radical (unpaired) electrons. The van der Waals surface area contributed by atoms with Crippen LogP contribution in [0.1, 0.15) is 36.2 Å². The summed E-state index contributed by atoms with van der Waals surface area (Å²) in [5.74, 6) is -2.52. The lowest BCUT2D eigenvalue weighted by atomic mass is 10.00. The first-order chi connectivity index (χ1) is 14.5. The van der Waals surface area contributed by atoms with E-state index in [4.69, 9.17) is 23.2 Å². The predicted molar refractivity (Wildman–Crippen MR) is 120 cm³/mol. The molecule has 9 heteroatoms. The van der Waals surface area contributed by atoms with E-state index in [1.807, 2.05) is 13.8 Å². The molecule has 0 fully saturated rings. The molecule has 0 spiro atoms. The lowest BCUT2D eigenvalue weighted by Gasteiger charge is -2.21. The van der Waals surface area contributed by atoms with Gasteiger partial charge in [0.05, 0.1) is 0 Å². The molecule has 4 N–H and O–H groups in total. The van der Waals surface area contributed by atoms with Crippen molar-refractivity contribution in [2.24, 2.45) is 5.92 Å². The van der Waals surface area contributed by atoms with Crippen molar-refractivity contribution in [2.45, 2.75) is 38.8 Å². The van der Waals surface area contributed by atoms with Crippen LogP contribution in [0.3, 0.4) is 0 Å². The molecule has 31 heavy (non-hydrogen) atoms. The molecule has 0 aliphatic carbocycles. The third kappa shape index (κ3) is 7.86. The molecule has 2 unspecified atom stereocenters. The molecule has 0 aromatic heterocycles. The minimum Gasteiger partial charge on any atom is -0.480 e. The average molecular weight is 467 g/mol. The number of anilines is 1. The number of benzene rings is 2. The first-order valence-corrected chi connectivity index (χ1v) is 10.4. The van der Waals surface area contributed by atoms with Crippen LogP contribution in [0.25, 0.3) is 0 Å². The van der Waals surface area contributed by atoms with Gasteiger partial charge in [-0.15, -0.1) is 0 Å². The van der Waals surface area contributed by atoms with Crippen LogP contribution in [0.4, 0.5) is 5.69 Å². The van der Waals surface area contributed by atoms with Gasteiger partial charge in [-0.2, -0.15) is 0 Å². The summed E-state index contributed by atoms with van der Waals surface area (Å²) in [7, 11) is 0. The normalized spacial score (nSPS) is 12.9. The summed E-state index contributed by atoms with van der Waals surface area (Å²) in [5, 5.41) is 25.1. The van der Waals surface area contributed by atoms with Gasteiger partial charge in [0.25, 0.3) is 5.91 Å². The van der Waals surface area contributed by atoms with Crippen molar-refractivity contribution in [3.05, 3.63) is 63.6 Å². The molecule has 0 aliphatic heterocycles. The molecular weight excluding hydrogens is 443 g/mol. The highest BCUT2D eigenvalue weighted by molar-refractivity contribution is 6.35. The van der Waals surface area contributed by atoms with Crippen molar-refractivity contribution < 1.29 is 24.6 Å². The Hall–Kier alpha value is -2.61. The molecule has 166 valence electrons. The van der Waals surface area contributed by atoms with Gasteiger partial charge in [0.15, 0.2) is 0 Å². The van der Waals surface area contributed by atoms with Gasteiger partial charge >= 0.3 is 11.9 Å². The zero-order chi connectivity index (χ0) is 23.1. The van der Waals surface area contributed by atoms with Crippen molar-refractivity contribution in [3.8, 4) is 0 Å². The Labute approximate surface area is 190 Å². The second-order valence-corrected chi connectivity index (χ2v) is 8.46. The van der Waals surface area contributed by atoms with Crippen LogP contribution in [0, 0.1) is 5.92 Å². The summed E-state index contributed by atoms with van der Waals surface area (Å²) in [4.78, 5) is 35.5. The predicted octanol–water partition coefficient (Wildman–Crippen LogP) is 4.33. The van der Waals surface area contributed by atoms with Gasteiger partial charge in [-0.3, -0.25) is 19.7 Å². The molecule has 2 atom stereocenters. The van der Waals surface area contributed by atoms with Gasteiger partial charge in [0.2, 0.25) is 0 Å². The van der Waals surface area contributed by atoms with Crippen molar-refractivity contribution in [2.75, 3.05) is 5.32 Å². The number of hydrogen-bond acceptors (Lipinski definition) is 4. The molecule has 0 bridgehead atoms. The maximum absolute atomic E-state index is 12.4. The standard InChI is InChI=1S/C22H24Cl2N2O5/c1-12(2)7-18(21(28)29)26-19(22(30)31)8-13-3-5-14(6-4-13)20(27)25-17-10-15(23)9-16(24)11-17/h3-6,9-12,18-19,26H,7-8H2,1-2H3,(H,25,27)(H,28,29)(H,30,31). The van der Waals surface area contributed by atoms with Crippen molar-refractivity contribution in [1.82, 2.24) is 5.32 Å². The Morgan fingerprint density at radius 3 is 1.94 bits per heavy atom. The highest BCUT2D eigenvalue weighted by Crippen LogP contribution is 2.23. The average Bonchev–Trinajstić information content (AvgIpc) is 2.65. The fourth-order valence-corrected chi connectivity index (χ4v) is 3.56. The molecule has 0 saturated heterocycles. The number of hydrogen-bond donors (Lipinski definition) is 4. The van der Waals surface area contributed by atoms with Crippen molar-refractivity contribution in [1.29, 1.82) is 0 Å². The van der Waals surface area contributed by atoms with Gasteiger partial charge in [-0.25, -0.2) is 0 Å². The Morgan fingerprint density at radius 1 is 0.903 bits per heavy atom. The molecule has 7 nitrogen and oxygen atoms in total. The summed E-state index contributed by atoms with van der Waals surface area (Å²) in [6.45, 7) is 3.74. The fourth-order valence-electron chi connectivity index (χ4n) is 3.03. The monoisotopic (exact) mass is 466 g/mol. The maximum atomic E-state index is 12.4. The lowest BCUT2D eigenvalue weighted by molar-refractivity contribution is -0.142. The number of rotatable bonds is 10. The van der Waals surface area contributed by atoms with Gasteiger partial charge in [-0.05, 0) is 54.7 Å². The minimum absolute atomic E-state index is 0.0724. The zero-order valence-corrected chi connectivity index (χ0v) is 18.6. The number of amides is 1. The molecule has 0 saturated carbocycles. The largest absolute Gasteiger partial charge is 0.480 e. The smallest absolute Gasteiger partial charge is 0.321 e. The third-order valence-corrected chi connectivity index (χ3v) is 4.92. The third-order valence-electron chi connectivity index (χ3n) is 4.48. The number of aliphatic carboxylic acids is 2. The molecule has 2 aromatic rings. The Balaban J connectivity index is 2.07. The SMILES string of the molecule is CC(C)CC(NC(Cc1ccc(C(=O)Nc2cc(Cl)cc(Cl)c2)cc1)C(=O)O)C(=O)O. The van der Waals surface area contributed by atoms with Gasteiger partial charge < -0.3 is 15.5 Å². The molecule has 0 heterocycles. The number of carboxylic acid groups (broad SMARTS) is 2. The van der Waals surface area contributed by atoms with Crippen LogP contribution < -0.4 is 10.6 Å². The van der Waals surface area contributed by atoms with E-state index in [-0.39, 0.29) is 18.2 Å². The number of carboxylic acids is 2. The summed E-state index contributed by atoms with van der Waals surface area (Å²) >= 11 is 11.9. The van der Waals surface area contributed by atoms with E-state index >= 15 is 0 Å². The van der Waals surface area contributed by atoms with E-state index in [1.165, 1.54) is 0 Å². The summed E-state index contributed by atoms with van der Waals surface area (Å²) < 4.78 is 0. The topological polar surface area (TPSA) is 116 Å². The van der Waals surface area contributed by atoms with Crippen LogP contribution in [0.2, 0.25) is 10.0 Å². The highest BCUT2D eigenvalue weighted by Gasteiger charge is 2.26. The minimum atomic E-state index is -1.14.